The van der Waals surface area contributed by atoms with E-state index >= 15 is 0 Å². The largest absolute Gasteiger partial charge is 0.454 e. The third kappa shape index (κ3) is 6.38. The van der Waals surface area contributed by atoms with E-state index in [2.05, 4.69) is 5.32 Å². The number of nitrogens with zero attached hydrogens (tertiary/aromatic N) is 2. The van der Waals surface area contributed by atoms with Gasteiger partial charge in [0.1, 0.15) is 12.6 Å². The summed E-state index contributed by atoms with van der Waals surface area (Å²) in [5.41, 5.74) is 1.70. The van der Waals surface area contributed by atoms with Crippen LogP contribution in [-0.2, 0) is 32.6 Å². The lowest BCUT2D eigenvalue weighted by Crippen LogP contribution is -2.52. The van der Waals surface area contributed by atoms with Crippen molar-refractivity contribution in [2.45, 2.75) is 19.0 Å². The molecule has 1 aliphatic heterocycles. The summed E-state index contributed by atoms with van der Waals surface area (Å²) in [5, 5.41) is 3.06. The molecule has 38 heavy (non-hydrogen) atoms. The quantitative estimate of drug-likeness (QED) is 0.410. The van der Waals surface area contributed by atoms with E-state index in [0.29, 0.717) is 22.1 Å². The minimum Gasteiger partial charge on any atom is -0.454 e. The second-order valence-corrected chi connectivity index (χ2v) is 11.1. The van der Waals surface area contributed by atoms with Gasteiger partial charge in [-0.05, 0) is 29.3 Å². The maximum Gasteiger partial charge on any atom is 0.244 e. The highest BCUT2D eigenvalue weighted by Crippen LogP contribution is 2.36. The van der Waals surface area contributed by atoms with Gasteiger partial charge in [-0.2, -0.15) is 0 Å². The molecule has 9 nitrogen and oxygen atoms in total. The molecule has 1 heterocycles. The minimum atomic E-state index is -3.89. The molecule has 2 amide bonds. The summed E-state index contributed by atoms with van der Waals surface area (Å²) >= 11 is 6.41. The number of hydrogen-bond acceptors (Lipinski definition) is 6. The van der Waals surface area contributed by atoms with Crippen LogP contribution >= 0.6 is 11.6 Å². The second kappa shape index (κ2) is 11.7. The molecular weight excluding hydrogens is 530 g/mol. The molecule has 1 aliphatic rings. The maximum atomic E-state index is 13.9. The lowest BCUT2D eigenvalue weighted by atomic mass is 10.0. The van der Waals surface area contributed by atoms with Crippen LogP contribution in [0.5, 0.6) is 11.5 Å². The molecule has 0 aliphatic carbocycles. The molecule has 0 saturated heterocycles. The first-order valence-corrected chi connectivity index (χ1v) is 14.1. The normalized spacial score (nSPS) is 13.0. The van der Waals surface area contributed by atoms with Crippen molar-refractivity contribution in [1.82, 2.24) is 10.2 Å². The fraction of sp³-hybridized carbons (Fsp3) is 0.259. The number of rotatable bonds is 10. The Labute approximate surface area is 227 Å². The zero-order valence-corrected chi connectivity index (χ0v) is 22.5. The summed E-state index contributed by atoms with van der Waals surface area (Å²) in [6, 6.07) is 20.0. The highest BCUT2D eigenvalue weighted by molar-refractivity contribution is 7.92. The number of anilines is 1. The number of sulfonamides is 1. The standard InChI is InChI=1S/C27H28ClN3O6S/c1-29-27(33)23(14-19-8-4-3-5-9-19)30(16-20-10-6-7-11-22(20)28)26(32)17-31(38(2,34)35)21-12-13-24-25(15-21)37-18-36-24/h3-13,15,23H,14,16-18H2,1-2H3,(H,29,33)/t23-/m0/s1. The van der Waals surface area contributed by atoms with Gasteiger partial charge in [0.15, 0.2) is 11.5 Å². The van der Waals surface area contributed by atoms with Crippen molar-refractivity contribution < 1.29 is 27.5 Å². The molecule has 0 fully saturated rings. The first-order chi connectivity index (χ1) is 18.2. The van der Waals surface area contributed by atoms with E-state index < -0.39 is 28.5 Å². The molecule has 0 bridgehead atoms. The van der Waals surface area contributed by atoms with E-state index in [1.54, 1.807) is 36.4 Å². The van der Waals surface area contributed by atoms with E-state index in [9.17, 15) is 18.0 Å². The first kappa shape index (κ1) is 27.3. The van der Waals surface area contributed by atoms with Crippen LogP contribution in [0.25, 0.3) is 0 Å². The van der Waals surface area contributed by atoms with Crippen molar-refractivity contribution >= 4 is 39.1 Å². The van der Waals surface area contributed by atoms with Crippen LogP contribution in [0, 0.1) is 0 Å². The number of hydrogen-bond donors (Lipinski definition) is 1. The van der Waals surface area contributed by atoms with Crippen molar-refractivity contribution in [3.63, 3.8) is 0 Å². The molecule has 200 valence electrons. The molecule has 11 heteroatoms. The molecule has 0 radical (unpaired) electrons. The van der Waals surface area contributed by atoms with Crippen molar-refractivity contribution in [2.75, 3.05) is 30.9 Å². The third-order valence-corrected chi connectivity index (χ3v) is 7.65. The smallest absolute Gasteiger partial charge is 0.244 e. The molecule has 0 saturated carbocycles. The van der Waals surface area contributed by atoms with Crippen LogP contribution in [0.15, 0.2) is 72.8 Å². The fourth-order valence-electron chi connectivity index (χ4n) is 4.18. The van der Waals surface area contributed by atoms with Crippen molar-refractivity contribution in [1.29, 1.82) is 0 Å². The number of amides is 2. The van der Waals surface area contributed by atoms with E-state index in [0.717, 1.165) is 16.1 Å². The predicted octanol–water partition coefficient (Wildman–Crippen LogP) is 3.22. The average molecular weight is 558 g/mol. The number of halogens is 1. The summed E-state index contributed by atoms with van der Waals surface area (Å²) in [6.07, 6.45) is 1.24. The number of carbonyl (C=O) groups is 2. The lowest BCUT2D eigenvalue weighted by molar-refractivity contribution is -0.139. The summed E-state index contributed by atoms with van der Waals surface area (Å²) in [7, 11) is -2.40. The number of fused-ring (bicyclic) bond motifs is 1. The minimum absolute atomic E-state index is 0.00215. The Bertz CT molecular complexity index is 1420. The zero-order valence-electron chi connectivity index (χ0n) is 21.0. The Hall–Kier alpha value is -3.76. The number of benzene rings is 3. The van der Waals surface area contributed by atoms with Gasteiger partial charge in [-0.3, -0.25) is 13.9 Å². The van der Waals surface area contributed by atoms with Gasteiger partial charge in [0.25, 0.3) is 0 Å². The maximum absolute atomic E-state index is 13.9. The van der Waals surface area contributed by atoms with Gasteiger partial charge >= 0.3 is 0 Å². The SMILES string of the molecule is CNC(=O)[C@H](Cc1ccccc1)N(Cc1ccccc1Cl)C(=O)CN(c1ccc2c(c1)OCO2)S(C)(=O)=O. The molecule has 0 spiro atoms. The molecule has 0 unspecified atom stereocenters. The Kier molecular flexibility index (Phi) is 8.43. The highest BCUT2D eigenvalue weighted by atomic mass is 35.5. The highest BCUT2D eigenvalue weighted by Gasteiger charge is 2.33. The van der Waals surface area contributed by atoms with E-state index in [-0.39, 0.29) is 31.4 Å². The van der Waals surface area contributed by atoms with Gasteiger partial charge in [-0.25, -0.2) is 8.42 Å². The van der Waals surface area contributed by atoms with E-state index in [1.165, 1.54) is 18.0 Å². The van der Waals surface area contributed by atoms with Gasteiger partial charge in [0.05, 0.1) is 11.9 Å². The Morgan fingerprint density at radius 1 is 1.00 bits per heavy atom. The van der Waals surface area contributed by atoms with Crippen LogP contribution in [-0.4, -0.2) is 57.8 Å². The zero-order chi connectivity index (χ0) is 27.3. The summed E-state index contributed by atoms with van der Waals surface area (Å²) in [5.74, 6) is -0.0963. The van der Waals surface area contributed by atoms with Crippen LogP contribution in [0.1, 0.15) is 11.1 Å². The van der Waals surface area contributed by atoms with Crippen LogP contribution < -0.4 is 19.1 Å². The van der Waals surface area contributed by atoms with Crippen LogP contribution in [0.2, 0.25) is 5.02 Å². The number of ether oxygens (including phenoxy) is 2. The van der Waals surface area contributed by atoms with E-state index in [4.69, 9.17) is 21.1 Å². The number of carbonyl (C=O) groups excluding carboxylic acids is 2. The summed E-state index contributed by atoms with van der Waals surface area (Å²) in [6.45, 7) is -0.511. The Morgan fingerprint density at radius 3 is 2.37 bits per heavy atom. The fourth-order valence-corrected chi connectivity index (χ4v) is 5.22. The van der Waals surface area contributed by atoms with Crippen LogP contribution in [0.4, 0.5) is 5.69 Å². The van der Waals surface area contributed by atoms with Gasteiger partial charge in [0, 0.05) is 31.1 Å². The monoisotopic (exact) mass is 557 g/mol. The van der Waals surface area contributed by atoms with E-state index in [1.807, 2.05) is 30.3 Å². The molecule has 3 aromatic carbocycles. The van der Waals surface area contributed by atoms with Gasteiger partial charge in [-0.1, -0.05) is 60.1 Å². The average Bonchev–Trinajstić information content (AvgIpc) is 3.37. The number of nitrogens with one attached hydrogen (secondary N) is 1. The molecule has 3 aromatic rings. The first-order valence-electron chi connectivity index (χ1n) is 11.8. The predicted molar refractivity (Wildman–Crippen MR) is 145 cm³/mol. The van der Waals surface area contributed by atoms with Gasteiger partial charge in [-0.15, -0.1) is 0 Å². The van der Waals surface area contributed by atoms with Crippen molar-refractivity contribution in [2.24, 2.45) is 0 Å². The van der Waals surface area contributed by atoms with Crippen LogP contribution in [0.3, 0.4) is 0 Å². The summed E-state index contributed by atoms with van der Waals surface area (Å²) in [4.78, 5) is 28.4. The Balaban J connectivity index is 1.71. The topological polar surface area (TPSA) is 105 Å². The van der Waals surface area contributed by atoms with Gasteiger partial charge < -0.3 is 19.7 Å². The van der Waals surface area contributed by atoms with Crippen molar-refractivity contribution in [3.05, 3.63) is 88.9 Å². The molecule has 0 aromatic heterocycles. The third-order valence-electron chi connectivity index (χ3n) is 6.14. The molecular formula is C27H28ClN3O6S. The summed E-state index contributed by atoms with van der Waals surface area (Å²) < 4.78 is 37.4. The molecule has 1 N–H and O–H groups in total. The van der Waals surface area contributed by atoms with Gasteiger partial charge in [0.2, 0.25) is 28.6 Å². The van der Waals surface area contributed by atoms with Crippen molar-refractivity contribution in [3.8, 4) is 11.5 Å². The lowest BCUT2D eigenvalue weighted by Gasteiger charge is -2.33. The molecule has 1 atom stereocenters. The molecule has 4 rings (SSSR count). The Morgan fingerprint density at radius 2 is 1.68 bits per heavy atom. The number of likely N-dealkylation sites (N-methyl/N-ethyl adjacent to an activating group) is 1. The second-order valence-electron chi connectivity index (χ2n) is 8.74.